The van der Waals surface area contributed by atoms with E-state index in [2.05, 4.69) is 21.8 Å². The predicted molar refractivity (Wildman–Crippen MR) is 64.4 cm³/mol. The molecule has 5 heteroatoms. The maximum Gasteiger partial charge on any atom is 0.142 e. The lowest BCUT2D eigenvalue weighted by atomic mass is 10.3. The monoisotopic (exact) mass is 224 g/mol. The Bertz CT molecular complexity index is 302. The first-order valence-electron chi connectivity index (χ1n) is 4.99. The molecule has 0 aliphatic heterocycles. The standard InChI is InChI=1S/C10H16N4S/c1-2-6-14(7-9(11)15)8-10-12-4-3-5-13-10/h3-5H,2,6-8H2,1H3,(H2,11,15). The van der Waals surface area contributed by atoms with E-state index in [4.69, 9.17) is 18.0 Å². The third-order valence-electron chi connectivity index (χ3n) is 1.90. The van der Waals surface area contributed by atoms with Crippen molar-refractivity contribution in [3.05, 3.63) is 24.3 Å². The summed E-state index contributed by atoms with van der Waals surface area (Å²) >= 11 is 4.90. The summed E-state index contributed by atoms with van der Waals surface area (Å²) in [6, 6.07) is 1.81. The van der Waals surface area contributed by atoms with E-state index in [1.54, 1.807) is 18.5 Å². The number of rotatable bonds is 6. The molecule has 0 radical (unpaired) electrons. The third kappa shape index (κ3) is 4.80. The normalized spacial score (nSPS) is 10.5. The van der Waals surface area contributed by atoms with Crippen LogP contribution in [0.4, 0.5) is 0 Å². The van der Waals surface area contributed by atoms with Crippen molar-refractivity contribution in [3.8, 4) is 0 Å². The lowest BCUT2D eigenvalue weighted by molar-refractivity contribution is 0.296. The lowest BCUT2D eigenvalue weighted by Crippen LogP contribution is -2.33. The molecule has 0 aromatic carbocycles. The van der Waals surface area contributed by atoms with Crippen LogP contribution in [0.1, 0.15) is 19.2 Å². The minimum atomic E-state index is 0.513. The summed E-state index contributed by atoms with van der Waals surface area (Å²) < 4.78 is 0. The van der Waals surface area contributed by atoms with Crippen molar-refractivity contribution in [3.63, 3.8) is 0 Å². The molecule has 0 saturated carbocycles. The Balaban J connectivity index is 2.54. The Hall–Kier alpha value is -1.07. The van der Waals surface area contributed by atoms with E-state index < -0.39 is 0 Å². The molecule has 0 bridgehead atoms. The maximum absolute atomic E-state index is 5.53. The van der Waals surface area contributed by atoms with Gasteiger partial charge in [-0.15, -0.1) is 0 Å². The van der Waals surface area contributed by atoms with Crippen LogP contribution in [0.5, 0.6) is 0 Å². The minimum absolute atomic E-state index is 0.513. The SMILES string of the molecule is CCCN(CC(N)=S)Cc1ncccn1. The largest absolute Gasteiger partial charge is 0.392 e. The molecule has 0 unspecified atom stereocenters. The zero-order chi connectivity index (χ0) is 11.1. The minimum Gasteiger partial charge on any atom is -0.392 e. The maximum atomic E-state index is 5.53. The van der Waals surface area contributed by atoms with Crippen LogP contribution in [0.25, 0.3) is 0 Å². The van der Waals surface area contributed by atoms with Gasteiger partial charge in [-0.25, -0.2) is 9.97 Å². The van der Waals surface area contributed by atoms with E-state index in [0.29, 0.717) is 18.1 Å². The molecule has 1 heterocycles. The molecule has 2 N–H and O–H groups in total. The van der Waals surface area contributed by atoms with Crippen molar-refractivity contribution >= 4 is 17.2 Å². The highest BCUT2D eigenvalue weighted by molar-refractivity contribution is 7.80. The van der Waals surface area contributed by atoms with E-state index in [0.717, 1.165) is 18.8 Å². The van der Waals surface area contributed by atoms with Gasteiger partial charge in [-0.1, -0.05) is 19.1 Å². The van der Waals surface area contributed by atoms with Crippen molar-refractivity contribution in [1.29, 1.82) is 0 Å². The molecule has 1 aromatic rings. The highest BCUT2D eigenvalue weighted by atomic mass is 32.1. The van der Waals surface area contributed by atoms with Gasteiger partial charge < -0.3 is 5.73 Å². The van der Waals surface area contributed by atoms with Crippen LogP contribution < -0.4 is 5.73 Å². The molecule has 82 valence electrons. The average molecular weight is 224 g/mol. The van der Waals surface area contributed by atoms with E-state index in [9.17, 15) is 0 Å². The second kappa shape index (κ2) is 6.42. The Labute approximate surface area is 95.5 Å². The Morgan fingerprint density at radius 1 is 1.47 bits per heavy atom. The van der Waals surface area contributed by atoms with E-state index in [1.807, 2.05) is 0 Å². The van der Waals surface area contributed by atoms with Crippen LogP contribution in [-0.2, 0) is 6.54 Å². The summed E-state index contributed by atoms with van der Waals surface area (Å²) in [5, 5.41) is 0. The Kier molecular flexibility index (Phi) is 5.14. The van der Waals surface area contributed by atoms with E-state index in [1.165, 1.54) is 0 Å². The van der Waals surface area contributed by atoms with Crippen molar-refractivity contribution in [2.24, 2.45) is 5.73 Å². The van der Waals surface area contributed by atoms with Gasteiger partial charge >= 0.3 is 0 Å². The highest BCUT2D eigenvalue weighted by Crippen LogP contribution is 1.99. The van der Waals surface area contributed by atoms with Crippen LogP contribution >= 0.6 is 12.2 Å². The number of nitrogens with zero attached hydrogens (tertiary/aromatic N) is 3. The number of hydrogen-bond donors (Lipinski definition) is 1. The fourth-order valence-electron chi connectivity index (χ4n) is 1.36. The van der Waals surface area contributed by atoms with Crippen molar-refractivity contribution in [2.75, 3.05) is 13.1 Å². The summed E-state index contributed by atoms with van der Waals surface area (Å²) in [4.78, 5) is 11.0. The Morgan fingerprint density at radius 2 is 2.13 bits per heavy atom. The third-order valence-corrected chi connectivity index (χ3v) is 2.03. The molecule has 0 amide bonds. The molecule has 1 rings (SSSR count). The van der Waals surface area contributed by atoms with E-state index in [-0.39, 0.29) is 0 Å². The van der Waals surface area contributed by atoms with Crippen LogP contribution in [0.15, 0.2) is 18.5 Å². The second-order valence-corrected chi connectivity index (χ2v) is 3.87. The van der Waals surface area contributed by atoms with Gasteiger partial charge in [0, 0.05) is 18.9 Å². The average Bonchev–Trinajstić information content (AvgIpc) is 2.18. The summed E-state index contributed by atoms with van der Waals surface area (Å²) in [6.07, 6.45) is 4.55. The molecule has 0 aliphatic rings. The molecule has 0 fully saturated rings. The fourth-order valence-corrected chi connectivity index (χ4v) is 1.54. The number of hydrogen-bond acceptors (Lipinski definition) is 4. The molecule has 1 aromatic heterocycles. The van der Waals surface area contributed by atoms with Crippen LogP contribution in [0.2, 0.25) is 0 Å². The predicted octanol–water partition coefficient (Wildman–Crippen LogP) is 0.975. The molecule has 4 nitrogen and oxygen atoms in total. The van der Waals surface area contributed by atoms with Gasteiger partial charge in [0.25, 0.3) is 0 Å². The van der Waals surface area contributed by atoms with Gasteiger partial charge in [0.2, 0.25) is 0 Å². The summed E-state index contributed by atoms with van der Waals surface area (Å²) in [6.45, 7) is 4.40. The number of thiocarbonyl (C=S) groups is 1. The molecular weight excluding hydrogens is 208 g/mol. The Morgan fingerprint density at radius 3 is 2.67 bits per heavy atom. The zero-order valence-electron chi connectivity index (χ0n) is 8.89. The van der Waals surface area contributed by atoms with Gasteiger partial charge in [0.05, 0.1) is 11.5 Å². The van der Waals surface area contributed by atoms with Crippen LogP contribution in [0.3, 0.4) is 0 Å². The summed E-state index contributed by atoms with van der Waals surface area (Å²) in [5.74, 6) is 0.808. The second-order valence-electron chi connectivity index (χ2n) is 3.34. The number of aromatic nitrogens is 2. The molecular formula is C10H16N4S. The van der Waals surface area contributed by atoms with Crippen molar-refractivity contribution in [1.82, 2.24) is 14.9 Å². The zero-order valence-corrected chi connectivity index (χ0v) is 9.70. The first-order valence-corrected chi connectivity index (χ1v) is 5.39. The highest BCUT2D eigenvalue weighted by Gasteiger charge is 2.07. The van der Waals surface area contributed by atoms with Gasteiger partial charge in [-0.2, -0.15) is 0 Å². The topological polar surface area (TPSA) is 55.0 Å². The molecule has 0 spiro atoms. The molecule has 0 saturated heterocycles. The van der Waals surface area contributed by atoms with Gasteiger partial charge in [-0.05, 0) is 19.0 Å². The van der Waals surface area contributed by atoms with Crippen LogP contribution in [-0.4, -0.2) is 32.9 Å². The van der Waals surface area contributed by atoms with E-state index >= 15 is 0 Å². The molecule has 0 atom stereocenters. The summed E-state index contributed by atoms with van der Waals surface area (Å²) in [5.41, 5.74) is 5.53. The van der Waals surface area contributed by atoms with Crippen molar-refractivity contribution in [2.45, 2.75) is 19.9 Å². The summed E-state index contributed by atoms with van der Waals surface area (Å²) in [7, 11) is 0. The van der Waals surface area contributed by atoms with Crippen LogP contribution in [0, 0.1) is 0 Å². The van der Waals surface area contributed by atoms with Gasteiger partial charge in [0.1, 0.15) is 5.82 Å². The van der Waals surface area contributed by atoms with Gasteiger partial charge in [0.15, 0.2) is 0 Å². The first-order chi connectivity index (χ1) is 7.22. The van der Waals surface area contributed by atoms with Gasteiger partial charge in [-0.3, -0.25) is 4.90 Å². The smallest absolute Gasteiger partial charge is 0.142 e. The fraction of sp³-hybridized carbons (Fsp3) is 0.500. The lowest BCUT2D eigenvalue weighted by Gasteiger charge is -2.19. The molecule has 0 aliphatic carbocycles. The molecule has 15 heavy (non-hydrogen) atoms. The quantitative estimate of drug-likeness (QED) is 0.730. The number of nitrogens with two attached hydrogens (primary N) is 1. The first kappa shape index (κ1) is 12.0. The van der Waals surface area contributed by atoms with Crippen molar-refractivity contribution < 1.29 is 0 Å².